The molecule has 0 saturated carbocycles. The molecule has 0 unspecified atom stereocenters. The van der Waals surface area contributed by atoms with Crippen molar-refractivity contribution in [2.24, 2.45) is 0 Å². The Kier molecular flexibility index (Phi) is 6.50. The first-order valence-electron chi connectivity index (χ1n) is 11.6. The Morgan fingerprint density at radius 1 is 1.09 bits per heavy atom. The third kappa shape index (κ3) is 4.77. The molecule has 9 heteroatoms. The number of nitrogens with zero attached hydrogens (tertiary/aromatic N) is 4. The Labute approximate surface area is 203 Å². The lowest BCUT2D eigenvalue weighted by Gasteiger charge is -2.32. The van der Waals surface area contributed by atoms with Gasteiger partial charge in [0.25, 0.3) is 5.91 Å². The van der Waals surface area contributed by atoms with Gasteiger partial charge in [0.15, 0.2) is 0 Å². The highest BCUT2D eigenvalue weighted by atomic mass is 19.1. The predicted molar refractivity (Wildman–Crippen MR) is 128 cm³/mol. The van der Waals surface area contributed by atoms with Crippen molar-refractivity contribution in [3.63, 3.8) is 0 Å². The Bertz CT molecular complexity index is 1250. The van der Waals surface area contributed by atoms with Crippen LogP contribution in [-0.2, 0) is 17.7 Å². The van der Waals surface area contributed by atoms with Gasteiger partial charge in [0.05, 0.1) is 43.7 Å². The molecule has 0 radical (unpaired) electrons. The molecule has 0 N–H and O–H groups in total. The van der Waals surface area contributed by atoms with Gasteiger partial charge in [-0.2, -0.15) is 4.98 Å². The number of ether oxygens (including phenoxy) is 3. The third-order valence-corrected chi connectivity index (χ3v) is 6.27. The minimum absolute atomic E-state index is 0.131. The molecule has 2 aliphatic heterocycles. The number of carbonyl (C=O) groups excluding carboxylic acids is 1. The van der Waals surface area contributed by atoms with Crippen LogP contribution in [0, 0.1) is 12.7 Å². The lowest BCUT2D eigenvalue weighted by atomic mass is 10.0. The normalized spacial score (nSPS) is 15.5. The third-order valence-electron chi connectivity index (χ3n) is 6.27. The second-order valence-corrected chi connectivity index (χ2v) is 8.54. The van der Waals surface area contributed by atoms with Gasteiger partial charge in [-0.3, -0.25) is 4.79 Å². The number of anilines is 1. The van der Waals surface area contributed by atoms with Gasteiger partial charge in [0.2, 0.25) is 11.8 Å². The van der Waals surface area contributed by atoms with Crippen LogP contribution < -0.4 is 14.4 Å². The largest absolute Gasteiger partial charge is 0.496 e. The van der Waals surface area contributed by atoms with Crippen LogP contribution in [0.4, 0.5) is 10.3 Å². The number of methoxy groups -OCH3 is 1. The number of para-hydroxylation sites is 1. The Hall–Kier alpha value is -3.72. The maximum atomic E-state index is 13.8. The number of rotatable bonds is 5. The van der Waals surface area contributed by atoms with Crippen molar-refractivity contribution in [2.45, 2.75) is 19.9 Å². The minimum atomic E-state index is -0.301. The Balaban J connectivity index is 1.50. The molecular formula is C26H27FN4O4. The average molecular weight is 479 g/mol. The SMILES string of the molecule is COc1ccccc1C(=O)N1CCc2nc(N3CCOCC3)nc(Oc3ccc(F)c(C)c3)c2C1. The van der Waals surface area contributed by atoms with Crippen molar-refractivity contribution < 1.29 is 23.4 Å². The zero-order valence-corrected chi connectivity index (χ0v) is 19.8. The topological polar surface area (TPSA) is 77.0 Å². The number of benzene rings is 2. The number of fused-ring (bicyclic) bond motifs is 1. The predicted octanol–water partition coefficient (Wildman–Crippen LogP) is 3.76. The first kappa shape index (κ1) is 23.0. The van der Waals surface area contributed by atoms with Crippen LogP contribution >= 0.6 is 0 Å². The van der Waals surface area contributed by atoms with E-state index in [1.807, 2.05) is 12.1 Å². The van der Waals surface area contributed by atoms with Crippen molar-refractivity contribution >= 4 is 11.9 Å². The zero-order chi connectivity index (χ0) is 24.4. The van der Waals surface area contributed by atoms with Gasteiger partial charge in [-0.1, -0.05) is 12.1 Å². The van der Waals surface area contributed by atoms with E-state index < -0.39 is 0 Å². The highest BCUT2D eigenvalue weighted by Crippen LogP contribution is 2.33. The van der Waals surface area contributed by atoms with Crippen molar-refractivity contribution in [1.82, 2.24) is 14.9 Å². The van der Waals surface area contributed by atoms with Crippen LogP contribution in [0.25, 0.3) is 0 Å². The van der Waals surface area contributed by atoms with Gasteiger partial charge < -0.3 is 24.0 Å². The van der Waals surface area contributed by atoms with Gasteiger partial charge in [-0.15, -0.1) is 0 Å². The summed E-state index contributed by atoms with van der Waals surface area (Å²) in [6.45, 7) is 5.08. The molecule has 1 amide bonds. The summed E-state index contributed by atoms with van der Waals surface area (Å²) in [5, 5.41) is 0. The summed E-state index contributed by atoms with van der Waals surface area (Å²) in [4.78, 5) is 26.7. The summed E-state index contributed by atoms with van der Waals surface area (Å²) in [6, 6.07) is 11.8. The second kappa shape index (κ2) is 9.87. The maximum absolute atomic E-state index is 13.8. The standard InChI is InChI=1S/C26H27FN4O4/c1-17-15-18(7-8-21(17)27)35-24-20-16-31(25(32)19-5-3-4-6-23(19)33-2)10-9-22(20)28-26(29-24)30-11-13-34-14-12-30/h3-8,15H,9-14,16H2,1-2H3. The van der Waals surface area contributed by atoms with Gasteiger partial charge in [-0.25, -0.2) is 9.37 Å². The molecule has 2 aliphatic rings. The van der Waals surface area contributed by atoms with E-state index in [1.165, 1.54) is 6.07 Å². The molecule has 0 aliphatic carbocycles. The number of amides is 1. The summed E-state index contributed by atoms with van der Waals surface area (Å²) in [6.07, 6.45) is 0.564. The number of carbonyl (C=O) groups is 1. The van der Waals surface area contributed by atoms with Crippen LogP contribution in [0.3, 0.4) is 0 Å². The molecule has 182 valence electrons. The highest BCUT2D eigenvalue weighted by molar-refractivity contribution is 5.97. The maximum Gasteiger partial charge on any atom is 0.257 e. The van der Waals surface area contributed by atoms with Crippen molar-refractivity contribution in [3.8, 4) is 17.4 Å². The molecule has 3 heterocycles. The molecule has 35 heavy (non-hydrogen) atoms. The first-order valence-corrected chi connectivity index (χ1v) is 11.6. The number of hydrogen-bond donors (Lipinski definition) is 0. The lowest BCUT2D eigenvalue weighted by Crippen LogP contribution is -2.39. The fourth-order valence-electron chi connectivity index (χ4n) is 4.32. The Morgan fingerprint density at radius 3 is 2.66 bits per heavy atom. The van der Waals surface area contributed by atoms with Crippen LogP contribution in [-0.4, -0.2) is 60.7 Å². The monoisotopic (exact) mass is 478 g/mol. The highest BCUT2D eigenvalue weighted by Gasteiger charge is 2.29. The quantitative estimate of drug-likeness (QED) is 0.553. The fraction of sp³-hybridized carbons (Fsp3) is 0.346. The van der Waals surface area contributed by atoms with Crippen LogP contribution in [0.15, 0.2) is 42.5 Å². The molecular weight excluding hydrogens is 451 g/mol. The van der Waals surface area contributed by atoms with E-state index in [2.05, 4.69) is 4.90 Å². The Morgan fingerprint density at radius 2 is 1.89 bits per heavy atom. The van der Waals surface area contributed by atoms with Crippen LogP contribution in [0.1, 0.15) is 27.2 Å². The van der Waals surface area contributed by atoms with E-state index in [4.69, 9.17) is 24.2 Å². The van der Waals surface area contributed by atoms with E-state index in [0.29, 0.717) is 80.3 Å². The molecule has 5 rings (SSSR count). The minimum Gasteiger partial charge on any atom is -0.496 e. The average Bonchev–Trinajstić information content (AvgIpc) is 2.90. The van der Waals surface area contributed by atoms with Crippen molar-refractivity contribution in [1.29, 1.82) is 0 Å². The van der Waals surface area contributed by atoms with Gasteiger partial charge in [0, 0.05) is 26.1 Å². The summed E-state index contributed by atoms with van der Waals surface area (Å²) in [7, 11) is 1.55. The van der Waals surface area contributed by atoms with Gasteiger partial charge in [0.1, 0.15) is 17.3 Å². The summed E-state index contributed by atoms with van der Waals surface area (Å²) in [5.41, 5.74) is 2.57. The summed E-state index contributed by atoms with van der Waals surface area (Å²) >= 11 is 0. The smallest absolute Gasteiger partial charge is 0.257 e. The molecule has 3 aromatic rings. The number of morpholine rings is 1. The van der Waals surface area contributed by atoms with E-state index in [9.17, 15) is 9.18 Å². The second-order valence-electron chi connectivity index (χ2n) is 8.54. The first-order chi connectivity index (χ1) is 17.0. The molecule has 8 nitrogen and oxygen atoms in total. The van der Waals surface area contributed by atoms with Crippen molar-refractivity contribution in [2.75, 3.05) is 44.9 Å². The van der Waals surface area contributed by atoms with Gasteiger partial charge >= 0.3 is 0 Å². The zero-order valence-electron chi connectivity index (χ0n) is 19.8. The van der Waals surface area contributed by atoms with Gasteiger partial charge in [-0.05, 0) is 42.8 Å². The number of aromatic nitrogens is 2. The lowest BCUT2D eigenvalue weighted by molar-refractivity contribution is 0.0728. The summed E-state index contributed by atoms with van der Waals surface area (Å²) < 4.78 is 30.9. The van der Waals surface area contributed by atoms with E-state index in [0.717, 1.165) is 11.3 Å². The van der Waals surface area contributed by atoms with E-state index in [1.54, 1.807) is 43.2 Å². The fourth-order valence-corrected chi connectivity index (χ4v) is 4.32. The van der Waals surface area contributed by atoms with Crippen molar-refractivity contribution in [3.05, 3.63) is 70.7 Å². The molecule has 0 bridgehead atoms. The number of hydrogen-bond acceptors (Lipinski definition) is 7. The number of halogens is 1. The molecule has 0 spiro atoms. The van der Waals surface area contributed by atoms with Crippen LogP contribution in [0.5, 0.6) is 17.4 Å². The van der Waals surface area contributed by atoms with E-state index in [-0.39, 0.29) is 11.7 Å². The summed E-state index contributed by atoms with van der Waals surface area (Å²) in [5.74, 6) is 1.52. The molecule has 1 aromatic heterocycles. The molecule has 1 saturated heterocycles. The molecule has 0 atom stereocenters. The van der Waals surface area contributed by atoms with E-state index >= 15 is 0 Å². The molecule has 1 fully saturated rings. The van der Waals surface area contributed by atoms with Crippen LogP contribution in [0.2, 0.25) is 0 Å². The molecule has 2 aromatic carbocycles. The number of aryl methyl sites for hydroxylation is 1.